The molecule has 19 heavy (non-hydrogen) atoms. The van der Waals surface area contributed by atoms with Gasteiger partial charge in [0.15, 0.2) is 0 Å². The monoisotopic (exact) mass is 331 g/mol. The van der Waals surface area contributed by atoms with E-state index in [9.17, 15) is 0 Å². The van der Waals surface area contributed by atoms with E-state index in [2.05, 4.69) is 40.2 Å². The van der Waals surface area contributed by atoms with Crippen LogP contribution < -0.4 is 5.32 Å². The lowest BCUT2D eigenvalue weighted by Gasteiger charge is -2.28. The maximum atomic E-state index is 5.79. The summed E-state index contributed by atoms with van der Waals surface area (Å²) in [5.74, 6) is 0. The third kappa shape index (κ3) is 3.78. The summed E-state index contributed by atoms with van der Waals surface area (Å²) >= 11 is 3.57. The van der Waals surface area contributed by atoms with Crippen LogP contribution in [0.15, 0.2) is 4.47 Å². The molecular formula is C13H22BrN3O2. The van der Waals surface area contributed by atoms with E-state index in [0.717, 1.165) is 35.5 Å². The van der Waals surface area contributed by atoms with E-state index >= 15 is 0 Å². The van der Waals surface area contributed by atoms with Gasteiger partial charge in [-0.3, -0.25) is 4.68 Å². The van der Waals surface area contributed by atoms with Crippen LogP contribution >= 0.6 is 15.9 Å². The molecule has 1 N–H and O–H groups in total. The first-order valence-corrected chi connectivity index (χ1v) is 7.56. The van der Waals surface area contributed by atoms with Crippen molar-refractivity contribution in [2.75, 3.05) is 19.7 Å². The number of nitrogens with one attached hydrogen (secondary N) is 1. The third-order valence-electron chi connectivity index (χ3n) is 3.22. The minimum absolute atomic E-state index is 0.140. The van der Waals surface area contributed by atoms with Crippen molar-refractivity contribution in [1.29, 1.82) is 0 Å². The second kappa shape index (κ2) is 6.83. The first kappa shape index (κ1) is 15.0. The lowest BCUT2D eigenvalue weighted by Crippen LogP contribution is -2.45. The van der Waals surface area contributed by atoms with Gasteiger partial charge in [0, 0.05) is 19.6 Å². The Morgan fingerprint density at radius 1 is 1.53 bits per heavy atom. The Labute approximate surface area is 122 Å². The quantitative estimate of drug-likeness (QED) is 0.894. The zero-order valence-corrected chi connectivity index (χ0v) is 13.4. The van der Waals surface area contributed by atoms with Crippen LogP contribution in [-0.4, -0.2) is 41.7 Å². The SMILES string of the molecule is CCn1nc(C)c(Br)c1COCC1CNCC(C)O1. The predicted molar refractivity (Wildman–Crippen MR) is 77.2 cm³/mol. The number of rotatable bonds is 5. The van der Waals surface area contributed by atoms with Gasteiger partial charge >= 0.3 is 0 Å². The van der Waals surface area contributed by atoms with Gasteiger partial charge in [-0.05, 0) is 36.7 Å². The highest BCUT2D eigenvalue weighted by atomic mass is 79.9. The molecule has 2 unspecified atom stereocenters. The van der Waals surface area contributed by atoms with Crippen molar-refractivity contribution >= 4 is 15.9 Å². The van der Waals surface area contributed by atoms with Gasteiger partial charge in [0.1, 0.15) is 0 Å². The normalized spacial score (nSPS) is 23.8. The first-order valence-electron chi connectivity index (χ1n) is 6.77. The first-order chi connectivity index (χ1) is 9.11. The fourth-order valence-electron chi connectivity index (χ4n) is 2.26. The second-order valence-corrected chi connectivity index (χ2v) is 5.70. The minimum Gasteiger partial charge on any atom is -0.372 e. The summed E-state index contributed by atoms with van der Waals surface area (Å²) in [6.07, 6.45) is 0.402. The van der Waals surface area contributed by atoms with Gasteiger partial charge < -0.3 is 14.8 Å². The Balaban J connectivity index is 1.85. The second-order valence-electron chi connectivity index (χ2n) is 4.90. The molecule has 6 heteroatoms. The predicted octanol–water partition coefficient (Wildman–Crippen LogP) is 1.87. The van der Waals surface area contributed by atoms with Gasteiger partial charge in [-0.1, -0.05) is 0 Å². The zero-order chi connectivity index (χ0) is 13.8. The van der Waals surface area contributed by atoms with Crippen molar-refractivity contribution in [3.8, 4) is 0 Å². The molecule has 1 aliphatic heterocycles. The molecule has 2 rings (SSSR count). The maximum absolute atomic E-state index is 5.79. The smallest absolute Gasteiger partial charge is 0.0936 e. The standard InChI is InChI=1S/C13H22BrN3O2/c1-4-17-12(13(14)10(3)16-17)8-18-7-11-6-15-5-9(2)19-11/h9,11,15H,4-8H2,1-3H3. The number of morpholine rings is 1. The molecule has 0 aromatic carbocycles. The van der Waals surface area contributed by atoms with E-state index in [4.69, 9.17) is 9.47 Å². The molecule has 0 bridgehead atoms. The fourth-order valence-corrected chi connectivity index (χ4v) is 2.66. The molecule has 0 aliphatic carbocycles. The zero-order valence-electron chi connectivity index (χ0n) is 11.8. The number of aryl methyl sites for hydroxylation is 2. The highest BCUT2D eigenvalue weighted by Gasteiger charge is 2.19. The molecule has 0 saturated carbocycles. The van der Waals surface area contributed by atoms with E-state index < -0.39 is 0 Å². The molecule has 1 fully saturated rings. The molecule has 2 heterocycles. The van der Waals surface area contributed by atoms with E-state index in [1.165, 1.54) is 0 Å². The van der Waals surface area contributed by atoms with Gasteiger partial charge in [0.05, 0.1) is 41.3 Å². The Kier molecular flexibility index (Phi) is 5.38. The van der Waals surface area contributed by atoms with Crippen molar-refractivity contribution in [2.24, 2.45) is 0 Å². The number of aromatic nitrogens is 2. The van der Waals surface area contributed by atoms with Crippen LogP contribution in [0.4, 0.5) is 0 Å². The van der Waals surface area contributed by atoms with Crippen LogP contribution in [0, 0.1) is 6.92 Å². The van der Waals surface area contributed by atoms with Crippen LogP contribution in [0.25, 0.3) is 0 Å². The molecule has 1 aliphatic rings. The Bertz CT molecular complexity index is 422. The molecular weight excluding hydrogens is 310 g/mol. The van der Waals surface area contributed by atoms with E-state index in [1.54, 1.807) is 0 Å². The number of hydrogen-bond acceptors (Lipinski definition) is 4. The van der Waals surface area contributed by atoms with Gasteiger partial charge in [-0.15, -0.1) is 0 Å². The van der Waals surface area contributed by atoms with Crippen LogP contribution in [0.1, 0.15) is 25.2 Å². The molecule has 2 atom stereocenters. The fraction of sp³-hybridized carbons (Fsp3) is 0.769. The molecule has 5 nitrogen and oxygen atoms in total. The molecule has 0 spiro atoms. The molecule has 1 saturated heterocycles. The average molecular weight is 332 g/mol. The van der Waals surface area contributed by atoms with Crippen molar-refractivity contribution in [3.63, 3.8) is 0 Å². The Morgan fingerprint density at radius 3 is 3.00 bits per heavy atom. The lowest BCUT2D eigenvalue weighted by molar-refractivity contribution is -0.0723. The lowest BCUT2D eigenvalue weighted by atomic mass is 10.2. The van der Waals surface area contributed by atoms with Gasteiger partial charge in [-0.2, -0.15) is 5.10 Å². The summed E-state index contributed by atoms with van der Waals surface area (Å²) in [5, 5.41) is 7.79. The highest BCUT2D eigenvalue weighted by Crippen LogP contribution is 2.21. The van der Waals surface area contributed by atoms with Crippen LogP contribution in [0.5, 0.6) is 0 Å². The van der Waals surface area contributed by atoms with Crippen molar-refractivity contribution in [1.82, 2.24) is 15.1 Å². The highest BCUT2D eigenvalue weighted by molar-refractivity contribution is 9.10. The van der Waals surface area contributed by atoms with E-state index in [0.29, 0.717) is 13.2 Å². The number of ether oxygens (including phenoxy) is 2. The summed E-state index contributed by atoms with van der Waals surface area (Å²) in [6.45, 7) is 9.95. The van der Waals surface area contributed by atoms with Gasteiger partial charge in [0.25, 0.3) is 0 Å². The summed E-state index contributed by atoms with van der Waals surface area (Å²) in [5.41, 5.74) is 2.10. The molecule has 1 aromatic heterocycles. The van der Waals surface area contributed by atoms with E-state index in [-0.39, 0.29) is 12.2 Å². The number of nitrogens with zero attached hydrogens (tertiary/aromatic N) is 2. The number of hydrogen-bond donors (Lipinski definition) is 1. The largest absolute Gasteiger partial charge is 0.372 e. The third-order valence-corrected chi connectivity index (χ3v) is 4.26. The summed E-state index contributed by atoms with van der Waals surface area (Å²) in [4.78, 5) is 0. The van der Waals surface area contributed by atoms with Crippen LogP contribution in [0.3, 0.4) is 0 Å². The average Bonchev–Trinajstić information content (AvgIpc) is 2.66. The van der Waals surface area contributed by atoms with Crippen LogP contribution in [0.2, 0.25) is 0 Å². The number of halogens is 1. The maximum Gasteiger partial charge on any atom is 0.0936 e. The van der Waals surface area contributed by atoms with Gasteiger partial charge in [0.2, 0.25) is 0 Å². The topological polar surface area (TPSA) is 48.3 Å². The van der Waals surface area contributed by atoms with Crippen LogP contribution in [-0.2, 0) is 22.6 Å². The van der Waals surface area contributed by atoms with Crippen molar-refractivity contribution < 1.29 is 9.47 Å². The van der Waals surface area contributed by atoms with Crippen molar-refractivity contribution in [3.05, 3.63) is 15.9 Å². The molecule has 1 aromatic rings. The molecule has 0 amide bonds. The minimum atomic E-state index is 0.140. The van der Waals surface area contributed by atoms with E-state index in [1.807, 2.05) is 11.6 Å². The Morgan fingerprint density at radius 2 is 2.32 bits per heavy atom. The van der Waals surface area contributed by atoms with Gasteiger partial charge in [-0.25, -0.2) is 0 Å². The summed E-state index contributed by atoms with van der Waals surface area (Å²) in [6, 6.07) is 0. The molecule has 108 valence electrons. The summed E-state index contributed by atoms with van der Waals surface area (Å²) in [7, 11) is 0. The molecule has 0 radical (unpaired) electrons. The van der Waals surface area contributed by atoms with Crippen molar-refractivity contribution in [2.45, 2.75) is 46.1 Å². The summed E-state index contributed by atoms with van der Waals surface area (Å²) < 4.78 is 14.6. The Hall–Kier alpha value is -0.430.